The van der Waals surface area contributed by atoms with Crippen LogP contribution < -0.4 is 10.9 Å². The average Bonchev–Trinajstić information content (AvgIpc) is 2.67. The Morgan fingerprint density at radius 2 is 1.71 bits per heavy atom. The standard InChI is InChI=1S/C22H29NO5/c1-3-4-5-6-7-8-9-14-18(24)23-15(2)20(25)19-21(26)16-12-10-11-13-17(16)28-22(19)27/h10-13,15,26H,3-9,14H2,1-2H3,(H,23,24)/t15-/m0/s1. The number of unbranched alkanes of at least 4 members (excludes halogenated alkanes) is 6. The summed E-state index contributed by atoms with van der Waals surface area (Å²) < 4.78 is 5.12. The maximum Gasteiger partial charge on any atom is 0.351 e. The van der Waals surface area contributed by atoms with Crippen LogP contribution in [-0.4, -0.2) is 22.8 Å². The zero-order chi connectivity index (χ0) is 20.5. The van der Waals surface area contributed by atoms with Gasteiger partial charge in [0.25, 0.3) is 0 Å². The van der Waals surface area contributed by atoms with Crippen molar-refractivity contribution in [3.63, 3.8) is 0 Å². The van der Waals surface area contributed by atoms with Gasteiger partial charge in [0.15, 0.2) is 5.78 Å². The van der Waals surface area contributed by atoms with Crippen LogP contribution >= 0.6 is 0 Å². The highest BCUT2D eigenvalue weighted by Gasteiger charge is 2.26. The van der Waals surface area contributed by atoms with Crippen molar-refractivity contribution < 1.29 is 19.1 Å². The monoisotopic (exact) mass is 387 g/mol. The Bertz CT molecular complexity index is 871. The lowest BCUT2D eigenvalue weighted by Crippen LogP contribution is -2.40. The number of Topliss-reactive ketones (excluding diaryl/α,β-unsaturated/α-hetero) is 1. The number of benzene rings is 1. The van der Waals surface area contributed by atoms with Gasteiger partial charge >= 0.3 is 5.63 Å². The molecular formula is C22H29NO5. The fourth-order valence-electron chi connectivity index (χ4n) is 3.19. The molecule has 28 heavy (non-hydrogen) atoms. The first kappa shape index (κ1) is 21.7. The summed E-state index contributed by atoms with van der Waals surface area (Å²) in [5, 5.41) is 13.2. The van der Waals surface area contributed by atoms with Crippen LogP contribution in [0.15, 0.2) is 33.5 Å². The molecule has 1 heterocycles. The number of hydrogen-bond donors (Lipinski definition) is 2. The van der Waals surface area contributed by atoms with Crippen molar-refractivity contribution in [2.45, 2.75) is 71.3 Å². The number of ketones is 1. The summed E-state index contributed by atoms with van der Waals surface area (Å²) in [5.74, 6) is -1.31. The number of nitrogens with one attached hydrogen (secondary N) is 1. The topological polar surface area (TPSA) is 96.6 Å². The summed E-state index contributed by atoms with van der Waals surface area (Å²) >= 11 is 0. The number of para-hydroxylation sites is 1. The van der Waals surface area contributed by atoms with Crippen molar-refractivity contribution in [1.82, 2.24) is 5.32 Å². The summed E-state index contributed by atoms with van der Waals surface area (Å²) in [4.78, 5) is 36.8. The highest BCUT2D eigenvalue weighted by molar-refractivity contribution is 6.06. The Morgan fingerprint density at radius 1 is 1.07 bits per heavy atom. The molecular weight excluding hydrogens is 358 g/mol. The van der Waals surface area contributed by atoms with Crippen LogP contribution in [-0.2, 0) is 4.79 Å². The van der Waals surface area contributed by atoms with Gasteiger partial charge in [-0.1, -0.05) is 57.6 Å². The number of amides is 1. The maximum atomic E-state index is 12.6. The van der Waals surface area contributed by atoms with E-state index in [1.165, 1.54) is 38.7 Å². The molecule has 1 aromatic heterocycles. The average molecular weight is 387 g/mol. The molecule has 6 nitrogen and oxygen atoms in total. The van der Waals surface area contributed by atoms with Crippen LogP contribution in [0.3, 0.4) is 0 Å². The van der Waals surface area contributed by atoms with Crippen molar-refractivity contribution in [3.05, 3.63) is 40.2 Å². The summed E-state index contributed by atoms with van der Waals surface area (Å²) in [5.41, 5.74) is -1.13. The number of fused-ring (bicyclic) bond motifs is 1. The third-order valence-electron chi connectivity index (χ3n) is 4.81. The van der Waals surface area contributed by atoms with E-state index in [4.69, 9.17) is 4.42 Å². The Labute approximate surface area is 164 Å². The van der Waals surface area contributed by atoms with Crippen molar-refractivity contribution in [3.8, 4) is 5.75 Å². The largest absolute Gasteiger partial charge is 0.506 e. The van der Waals surface area contributed by atoms with Crippen molar-refractivity contribution in [2.75, 3.05) is 0 Å². The van der Waals surface area contributed by atoms with E-state index in [9.17, 15) is 19.5 Å². The molecule has 0 saturated carbocycles. The number of aromatic hydroxyl groups is 1. The van der Waals surface area contributed by atoms with Gasteiger partial charge in [0.1, 0.15) is 16.9 Å². The summed E-state index contributed by atoms with van der Waals surface area (Å²) in [6.45, 7) is 3.67. The molecule has 0 radical (unpaired) electrons. The Balaban J connectivity index is 1.91. The smallest absolute Gasteiger partial charge is 0.351 e. The summed E-state index contributed by atoms with van der Waals surface area (Å²) in [6, 6.07) is 5.52. The second kappa shape index (κ2) is 10.6. The molecule has 0 saturated heterocycles. The van der Waals surface area contributed by atoms with Gasteiger partial charge in [0.05, 0.1) is 11.4 Å². The first-order chi connectivity index (χ1) is 13.5. The fourth-order valence-corrected chi connectivity index (χ4v) is 3.19. The minimum absolute atomic E-state index is 0.206. The Kier molecular flexibility index (Phi) is 8.23. The second-order valence-corrected chi connectivity index (χ2v) is 7.13. The summed E-state index contributed by atoms with van der Waals surface area (Å²) in [7, 11) is 0. The Hall–Kier alpha value is -2.63. The maximum absolute atomic E-state index is 12.6. The lowest BCUT2D eigenvalue weighted by atomic mass is 10.0. The predicted molar refractivity (Wildman–Crippen MR) is 109 cm³/mol. The van der Waals surface area contributed by atoms with Crippen molar-refractivity contribution >= 4 is 22.7 Å². The van der Waals surface area contributed by atoms with Gasteiger partial charge in [0, 0.05) is 6.42 Å². The van der Waals surface area contributed by atoms with Gasteiger partial charge in [-0.15, -0.1) is 0 Å². The van der Waals surface area contributed by atoms with E-state index in [0.29, 0.717) is 6.42 Å². The molecule has 0 fully saturated rings. The number of hydrogen-bond acceptors (Lipinski definition) is 5. The molecule has 1 amide bonds. The van der Waals surface area contributed by atoms with Crippen LogP contribution in [0.25, 0.3) is 11.0 Å². The van der Waals surface area contributed by atoms with E-state index < -0.39 is 28.8 Å². The van der Waals surface area contributed by atoms with E-state index in [2.05, 4.69) is 12.2 Å². The molecule has 1 atom stereocenters. The third-order valence-corrected chi connectivity index (χ3v) is 4.81. The predicted octanol–water partition coefficient (Wildman–Crippen LogP) is 4.33. The molecule has 2 N–H and O–H groups in total. The minimum atomic E-state index is -0.924. The molecule has 6 heteroatoms. The van der Waals surface area contributed by atoms with E-state index >= 15 is 0 Å². The fraction of sp³-hybridized carbons (Fsp3) is 0.500. The molecule has 152 valence electrons. The lowest BCUT2D eigenvalue weighted by molar-refractivity contribution is -0.121. The molecule has 2 aromatic rings. The van der Waals surface area contributed by atoms with E-state index in [1.807, 2.05) is 0 Å². The van der Waals surface area contributed by atoms with Gasteiger partial charge in [0.2, 0.25) is 5.91 Å². The molecule has 0 aliphatic rings. The molecule has 1 aromatic carbocycles. The SMILES string of the molecule is CCCCCCCCCC(=O)N[C@@H](C)C(=O)c1c(O)c2ccccc2oc1=O. The van der Waals surface area contributed by atoms with E-state index in [1.54, 1.807) is 18.2 Å². The molecule has 2 rings (SSSR count). The summed E-state index contributed by atoms with van der Waals surface area (Å²) in [6.07, 6.45) is 8.05. The van der Waals surface area contributed by atoms with Gasteiger partial charge in [-0.05, 0) is 25.5 Å². The highest BCUT2D eigenvalue weighted by Crippen LogP contribution is 2.26. The zero-order valence-corrected chi connectivity index (χ0v) is 16.6. The number of carbonyl (C=O) groups is 2. The Morgan fingerprint density at radius 3 is 2.43 bits per heavy atom. The van der Waals surface area contributed by atoms with E-state index in [0.717, 1.165) is 19.3 Å². The lowest BCUT2D eigenvalue weighted by Gasteiger charge is -2.13. The van der Waals surface area contributed by atoms with Gasteiger partial charge in [-0.3, -0.25) is 9.59 Å². The molecule has 0 aliphatic carbocycles. The number of carbonyl (C=O) groups excluding carboxylic acids is 2. The third kappa shape index (κ3) is 5.68. The van der Waals surface area contributed by atoms with Crippen LogP contribution in [0.5, 0.6) is 5.75 Å². The molecule has 0 aliphatic heterocycles. The second-order valence-electron chi connectivity index (χ2n) is 7.13. The number of rotatable bonds is 11. The van der Waals surface area contributed by atoms with Crippen LogP contribution in [0.2, 0.25) is 0 Å². The van der Waals surface area contributed by atoms with Crippen LogP contribution in [0.4, 0.5) is 0 Å². The molecule has 0 unspecified atom stereocenters. The zero-order valence-electron chi connectivity index (χ0n) is 16.6. The van der Waals surface area contributed by atoms with Crippen LogP contribution in [0, 0.1) is 0 Å². The molecule has 0 spiro atoms. The first-order valence-corrected chi connectivity index (χ1v) is 10.0. The normalized spacial score (nSPS) is 12.1. The van der Waals surface area contributed by atoms with Gasteiger partial charge in [-0.25, -0.2) is 4.79 Å². The van der Waals surface area contributed by atoms with Crippen molar-refractivity contribution in [2.24, 2.45) is 0 Å². The van der Waals surface area contributed by atoms with E-state index in [-0.39, 0.29) is 16.9 Å². The van der Waals surface area contributed by atoms with Gasteiger partial charge < -0.3 is 14.8 Å². The van der Waals surface area contributed by atoms with Crippen molar-refractivity contribution in [1.29, 1.82) is 0 Å². The quantitative estimate of drug-likeness (QED) is 0.340. The molecule has 0 bridgehead atoms. The minimum Gasteiger partial charge on any atom is -0.506 e. The van der Waals surface area contributed by atoms with Gasteiger partial charge in [-0.2, -0.15) is 0 Å². The highest BCUT2D eigenvalue weighted by atomic mass is 16.4. The first-order valence-electron chi connectivity index (χ1n) is 10.0. The van der Waals surface area contributed by atoms with Crippen LogP contribution in [0.1, 0.15) is 75.6 Å².